The molecule has 4 atom stereocenters. The smallest absolute Gasteiger partial charge is 0.481 e. The molecule has 0 bridgehead atoms. The van der Waals surface area contributed by atoms with Crippen LogP contribution in [0.3, 0.4) is 0 Å². The zero-order valence-electron chi connectivity index (χ0n) is 20.1. The molecule has 0 aromatic heterocycles. The van der Waals surface area contributed by atoms with Crippen molar-refractivity contribution in [2.45, 2.75) is 57.2 Å². The topological polar surface area (TPSA) is 49.8 Å². The van der Waals surface area contributed by atoms with Gasteiger partial charge in [0.05, 0.1) is 11.6 Å². The fraction of sp³-hybridized carbons (Fsp3) is 0.444. The predicted molar refractivity (Wildman–Crippen MR) is 125 cm³/mol. The van der Waals surface area contributed by atoms with Crippen molar-refractivity contribution < 1.29 is 41.0 Å². The van der Waals surface area contributed by atoms with Gasteiger partial charge in [0.2, 0.25) is 0 Å². The van der Waals surface area contributed by atoms with Crippen LogP contribution in [0.1, 0.15) is 44.2 Å². The average Bonchev–Trinajstić information content (AvgIpc) is 2.79. The predicted octanol–water partition coefficient (Wildman–Crippen LogP) is 6.83. The molecule has 2 aliphatic rings. The summed E-state index contributed by atoms with van der Waals surface area (Å²) in [5.41, 5.74) is 0.415. The molecule has 1 N–H and O–H groups in total. The van der Waals surface area contributed by atoms with Crippen LogP contribution in [-0.2, 0) is 4.79 Å². The third-order valence-electron chi connectivity index (χ3n) is 6.40. The summed E-state index contributed by atoms with van der Waals surface area (Å²) in [4.78, 5) is 13.4. The second-order valence-corrected chi connectivity index (χ2v) is 9.28. The minimum atomic E-state index is -4.84. The number of hydrogen-bond acceptors (Lipinski definition) is 3. The van der Waals surface area contributed by atoms with E-state index in [1.807, 2.05) is 4.90 Å². The SMILES string of the molecule is C=C(C)C#C[C@@H](c1ccc(OC(F)(F)F)cc1)N1CC[C@H](CC(=O)O)C[C@@H]1C1C=CC(C(F)(F)F)=CC1. The van der Waals surface area contributed by atoms with E-state index in [2.05, 4.69) is 23.2 Å². The van der Waals surface area contributed by atoms with E-state index in [1.165, 1.54) is 30.3 Å². The van der Waals surface area contributed by atoms with Gasteiger partial charge in [0.1, 0.15) is 5.75 Å². The third kappa shape index (κ3) is 8.15. The lowest BCUT2D eigenvalue weighted by Gasteiger charge is -2.45. The number of allylic oxidation sites excluding steroid dienone is 4. The number of carbonyl (C=O) groups is 1. The van der Waals surface area contributed by atoms with Crippen molar-refractivity contribution in [1.29, 1.82) is 0 Å². The quantitative estimate of drug-likeness (QED) is 0.326. The van der Waals surface area contributed by atoms with Crippen molar-refractivity contribution in [3.8, 4) is 17.6 Å². The molecule has 1 unspecified atom stereocenters. The van der Waals surface area contributed by atoms with Gasteiger partial charge in [-0.15, -0.1) is 13.2 Å². The van der Waals surface area contributed by atoms with Gasteiger partial charge in [-0.25, -0.2) is 0 Å². The highest BCUT2D eigenvalue weighted by Crippen LogP contribution is 2.40. The van der Waals surface area contributed by atoms with Crippen LogP contribution >= 0.6 is 0 Å². The Morgan fingerprint density at radius 2 is 1.89 bits per heavy atom. The Morgan fingerprint density at radius 1 is 1.22 bits per heavy atom. The van der Waals surface area contributed by atoms with Gasteiger partial charge in [0.25, 0.3) is 0 Å². The lowest BCUT2D eigenvalue weighted by molar-refractivity contribution is -0.274. The van der Waals surface area contributed by atoms with Crippen LogP contribution in [0.4, 0.5) is 26.3 Å². The lowest BCUT2D eigenvalue weighted by Crippen LogP contribution is -2.48. The molecule has 0 amide bonds. The first kappa shape index (κ1) is 28.4. The molecule has 4 nitrogen and oxygen atoms in total. The van der Waals surface area contributed by atoms with Crippen LogP contribution in [0.15, 0.2) is 60.2 Å². The molecule has 1 fully saturated rings. The van der Waals surface area contributed by atoms with E-state index in [4.69, 9.17) is 0 Å². The van der Waals surface area contributed by atoms with Crippen molar-refractivity contribution in [3.63, 3.8) is 0 Å². The van der Waals surface area contributed by atoms with Crippen LogP contribution in [-0.4, -0.2) is 41.1 Å². The maximum absolute atomic E-state index is 13.2. The van der Waals surface area contributed by atoms with Gasteiger partial charge in [-0.3, -0.25) is 9.69 Å². The Labute approximate surface area is 211 Å². The zero-order valence-corrected chi connectivity index (χ0v) is 20.1. The van der Waals surface area contributed by atoms with E-state index in [0.29, 0.717) is 30.5 Å². The number of carboxylic acid groups (broad SMARTS) is 1. The standard InChI is InChI=1S/C27H27F6NO3/c1-17(2)3-12-23(19-6-10-22(11-7-19)37-27(31,32)33)34-14-13-18(16-25(35)36)15-24(34)20-4-8-21(9-5-20)26(28,29)30/h4,6-11,18,20,23-24H,1,5,13-16H2,2H3,(H,35,36)/t18-,20?,23-,24+/m0/s1. The van der Waals surface area contributed by atoms with Gasteiger partial charge >= 0.3 is 18.5 Å². The van der Waals surface area contributed by atoms with E-state index in [1.54, 1.807) is 6.92 Å². The second-order valence-electron chi connectivity index (χ2n) is 9.28. The van der Waals surface area contributed by atoms with Crippen LogP contribution in [0.5, 0.6) is 5.75 Å². The minimum absolute atomic E-state index is 0.0595. The number of hydrogen-bond donors (Lipinski definition) is 1. The molecule has 1 saturated heterocycles. The van der Waals surface area contributed by atoms with Gasteiger partial charge in [-0.05, 0) is 61.3 Å². The minimum Gasteiger partial charge on any atom is -0.481 e. The molecular formula is C27H27F6NO3. The molecule has 1 aromatic carbocycles. The maximum atomic E-state index is 13.2. The summed E-state index contributed by atoms with van der Waals surface area (Å²) in [7, 11) is 0. The van der Waals surface area contributed by atoms with Crippen LogP contribution in [0, 0.1) is 23.7 Å². The first-order valence-corrected chi connectivity index (χ1v) is 11.7. The number of halogens is 6. The van der Waals surface area contributed by atoms with Crippen LogP contribution in [0.2, 0.25) is 0 Å². The molecule has 37 heavy (non-hydrogen) atoms. The second kappa shape index (κ2) is 11.5. The maximum Gasteiger partial charge on any atom is 0.573 e. The van der Waals surface area contributed by atoms with Crippen molar-refractivity contribution >= 4 is 5.97 Å². The van der Waals surface area contributed by atoms with E-state index in [9.17, 15) is 36.2 Å². The summed E-state index contributed by atoms with van der Waals surface area (Å²) < 4.78 is 81.2. The van der Waals surface area contributed by atoms with Gasteiger partial charge in [0.15, 0.2) is 0 Å². The van der Waals surface area contributed by atoms with Crippen molar-refractivity contribution in [2.75, 3.05) is 6.54 Å². The molecule has 10 heteroatoms. The summed E-state index contributed by atoms with van der Waals surface area (Å²) in [5.74, 6) is 4.19. The van der Waals surface area contributed by atoms with Crippen molar-refractivity contribution in [1.82, 2.24) is 4.90 Å². The number of rotatable bonds is 6. The Bertz CT molecular complexity index is 1110. The van der Waals surface area contributed by atoms with Crippen LogP contribution < -0.4 is 4.74 Å². The normalized spacial score (nSPS) is 23.4. The number of alkyl halides is 6. The Kier molecular flexibility index (Phi) is 8.80. The third-order valence-corrected chi connectivity index (χ3v) is 6.40. The first-order valence-electron chi connectivity index (χ1n) is 11.7. The first-order chi connectivity index (χ1) is 17.2. The summed E-state index contributed by atoms with van der Waals surface area (Å²) in [6, 6.07) is 4.37. The molecule has 1 aromatic rings. The van der Waals surface area contributed by atoms with Gasteiger partial charge in [0, 0.05) is 19.0 Å². The Balaban J connectivity index is 1.95. The molecule has 1 aliphatic heterocycles. The summed E-state index contributed by atoms with van der Waals surface area (Å²) in [5, 5.41) is 9.31. The average molecular weight is 528 g/mol. The summed E-state index contributed by atoms with van der Waals surface area (Å²) in [6.07, 6.45) is -4.59. The Hall–Kier alpha value is -3.19. The molecule has 1 heterocycles. The van der Waals surface area contributed by atoms with Crippen molar-refractivity contribution in [3.05, 3.63) is 65.8 Å². The number of benzene rings is 1. The highest BCUT2D eigenvalue weighted by molar-refractivity contribution is 5.67. The van der Waals surface area contributed by atoms with Gasteiger partial charge in [-0.2, -0.15) is 13.2 Å². The molecule has 0 saturated carbocycles. The zero-order chi connectivity index (χ0) is 27.4. The number of piperidine rings is 1. The van der Waals surface area contributed by atoms with Crippen molar-refractivity contribution in [2.24, 2.45) is 11.8 Å². The highest BCUT2D eigenvalue weighted by atomic mass is 19.4. The monoisotopic (exact) mass is 527 g/mol. The molecule has 0 radical (unpaired) electrons. The number of aliphatic carboxylic acids is 1. The molecular weight excluding hydrogens is 500 g/mol. The van der Waals surface area contributed by atoms with E-state index in [-0.39, 0.29) is 36.5 Å². The highest BCUT2D eigenvalue weighted by Gasteiger charge is 2.40. The number of likely N-dealkylation sites (tertiary alicyclic amines) is 1. The van der Waals surface area contributed by atoms with E-state index in [0.717, 1.165) is 12.2 Å². The lowest BCUT2D eigenvalue weighted by atomic mass is 9.78. The van der Waals surface area contributed by atoms with E-state index < -0.39 is 30.1 Å². The fourth-order valence-electron chi connectivity index (χ4n) is 4.80. The number of carboxylic acids is 1. The molecule has 1 aliphatic carbocycles. The van der Waals surface area contributed by atoms with Crippen LogP contribution in [0.25, 0.3) is 0 Å². The molecule has 0 spiro atoms. The summed E-state index contributed by atoms with van der Waals surface area (Å²) >= 11 is 0. The Morgan fingerprint density at radius 3 is 2.41 bits per heavy atom. The molecule has 200 valence electrons. The fourth-order valence-corrected chi connectivity index (χ4v) is 4.80. The number of nitrogens with zero attached hydrogens (tertiary/aromatic N) is 1. The molecule has 3 rings (SSSR count). The van der Waals surface area contributed by atoms with Gasteiger partial charge in [-0.1, -0.05) is 48.8 Å². The number of ether oxygens (including phenoxy) is 1. The largest absolute Gasteiger partial charge is 0.573 e. The van der Waals surface area contributed by atoms with Gasteiger partial charge < -0.3 is 9.84 Å². The van der Waals surface area contributed by atoms with E-state index >= 15 is 0 Å². The summed E-state index contributed by atoms with van der Waals surface area (Å²) in [6.45, 7) is 5.90.